The van der Waals surface area contributed by atoms with Crippen molar-refractivity contribution in [2.45, 2.75) is 18.9 Å². The Morgan fingerprint density at radius 3 is 2.71 bits per heavy atom. The van der Waals surface area contributed by atoms with Gasteiger partial charge in [0.2, 0.25) is 11.8 Å². The molecule has 1 atom stereocenters. The summed E-state index contributed by atoms with van der Waals surface area (Å²) < 4.78 is 0. The van der Waals surface area contributed by atoms with Gasteiger partial charge in [0.15, 0.2) is 5.75 Å². The molecule has 0 saturated carbocycles. The number of hydrogen-bond acceptors (Lipinski definition) is 6. The summed E-state index contributed by atoms with van der Waals surface area (Å²) in [5, 5.41) is 24.5. The molecule has 2 rings (SSSR count). The summed E-state index contributed by atoms with van der Waals surface area (Å²) in [6, 6.07) is 2.25. The summed E-state index contributed by atoms with van der Waals surface area (Å²) in [5.41, 5.74) is -0.546. The van der Waals surface area contributed by atoms with Gasteiger partial charge >= 0.3 is 5.69 Å². The molecule has 1 saturated heterocycles. The Morgan fingerprint density at radius 2 is 2.14 bits per heavy atom. The van der Waals surface area contributed by atoms with Crippen LogP contribution in [0.5, 0.6) is 5.75 Å². The molecule has 1 aliphatic heterocycles. The Labute approximate surface area is 118 Å². The molecule has 9 heteroatoms. The maximum absolute atomic E-state index is 11.9. The highest BCUT2D eigenvalue weighted by molar-refractivity contribution is 6.03. The number of nitro benzene ring substituents is 1. The first-order valence-corrected chi connectivity index (χ1v) is 6.00. The summed E-state index contributed by atoms with van der Waals surface area (Å²) in [4.78, 5) is 44.2. The van der Waals surface area contributed by atoms with E-state index < -0.39 is 40.1 Å². The van der Waals surface area contributed by atoms with Crippen LogP contribution in [0.3, 0.4) is 0 Å². The average molecular weight is 293 g/mol. The van der Waals surface area contributed by atoms with E-state index in [9.17, 15) is 29.6 Å². The van der Waals surface area contributed by atoms with Gasteiger partial charge in [0.25, 0.3) is 5.91 Å². The number of nitrogens with zero attached hydrogens (tertiary/aromatic N) is 1. The molecule has 1 fully saturated rings. The molecule has 0 aromatic heterocycles. The summed E-state index contributed by atoms with van der Waals surface area (Å²) >= 11 is 0. The van der Waals surface area contributed by atoms with Crippen molar-refractivity contribution in [3.63, 3.8) is 0 Å². The zero-order valence-corrected chi connectivity index (χ0v) is 10.7. The highest BCUT2D eigenvalue weighted by atomic mass is 16.6. The first-order chi connectivity index (χ1) is 9.88. The summed E-state index contributed by atoms with van der Waals surface area (Å²) in [6.07, 6.45) is 0.289. The van der Waals surface area contributed by atoms with Crippen LogP contribution >= 0.6 is 0 Å². The number of carbonyl (C=O) groups is 3. The number of phenols is 1. The van der Waals surface area contributed by atoms with E-state index in [1.165, 1.54) is 6.07 Å². The number of amides is 3. The largest absolute Gasteiger partial charge is 0.502 e. The number of rotatable bonds is 3. The van der Waals surface area contributed by atoms with Crippen molar-refractivity contribution in [2.24, 2.45) is 0 Å². The first kappa shape index (κ1) is 14.4. The monoisotopic (exact) mass is 293 g/mol. The van der Waals surface area contributed by atoms with Crippen LogP contribution < -0.4 is 10.6 Å². The molecule has 0 bridgehead atoms. The minimum Gasteiger partial charge on any atom is -0.502 e. The molecule has 0 spiro atoms. The molecular formula is C12H11N3O6. The van der Waals surface area contributed by atoms with Crippen molar-refractivity contribution in [1.82, 2.24) is 10.6 Å². The highest BCUT2D eigenvalue weighted by Crippen LogP contribution is 2.26. The maximum atomic E-state index is 11.9. The van der Waals surface area contributed by atoms with Crippen molar-refractivity contribution in [3.05, 3.63) is 33.9 Å². The van der Waals surface area contributed by atoms with E-state index >= 15 is 0 Å². The molecule has 1 aromatic rings. The maximum Gasteiger partial charge on any atom is 0.310 e. The van der Waals surface area contributed by atoms with Gasteiger partial charge in [-0.25, -0.2) is 0 Å². The third kappa shape index (κ3) is 3.14. The lowest BCUT2D eigenvalue weighted by atomic mass is 10.1. The molecule has 1 heterocycles. The highest BCUT2D eigenvalue weighted by Gasteiger charge is 2.28. The summed E-state index contributed by atoms with van der Waals surface area (Å²) in [5.74, 6) is -2.32. The molecule has 3 amide bonds. The second-order valence-corrected chi connectivity index (χ2v) is 4.44. The van der Waals surface area contributed by atoms with Crippen LogP contribution in [0.25, 0.3) is 0 Å². The minimum atomic E-state index is -0.854. The van der Waals surface area contributed by atoms with Crippen LogP contribution in [0.2, 0.25) is 0 Å². The number of hydrogen-bond donors (Lipinski definition) is 3. The van der Waals surface area contributed by atoms with Crippen LogP contribution in [0.1, 0.15) is 23.2 Å². The lowest BCUT2D eigenvalue weighted by molar-refractivity contribution is -0.385. The second-order valence-electron chi connectivity index (χ2n) is 4.44. The summed E-state index contributed by atoms with van der Waals surface area (Å²) in [6.45, 7) is 0. The molecule has 1 aromatic carbocycles. The SMILES string of the molecule is O=C1CCC(NC(=O)c2ccc([N+](=O)[O-])c(O)c2)C(=O)N1. The third-order valence-electron chi connectivity index (χ3n) is 2.98. The third-order valence-corrected chi connectivity index (χ3v) is 2.98. The number of imide groups is 1. The second kappa shape index (κ2) is 5.57. The molecular weight excluding hydrogens is 282 g/mol. The Balaban J connectivity index is 2.10. The smallest absolute Gasteiger partial charge is 0.310 e. The fourth-order valence-electron chi connectivity index (χ4n) is 1.89. The number of phenolic OH excluding ortho intramolecular Hbond substituents is 1. The van der Waals surface area contributed by atoms with E-state index in [0.717, 1.165) is 12.1 Å². The normalized spacial score (nSPS) is 18.0. The van der Waals surface area contributed by atoms with Gasteiger partial charge in [-0.05, 0) is 18.6 Å². The van der Waals surface area contributed by atoms with Gasteiger partial charge in [0.05, 0.1) is 4.92 Å². The average Bonchev–Trinajstić information content (AvgIpc) is 2.41. The van der Waals surface area contributed by atoms with E-state index in [-0.39, 0.29) is 18.4 Å². The van der Waals surface area contributed by atoms with Gasteiger partial charge in [-0.2, -0.15) is 0 Å². The fraction of sp³-hybridized carbons (Fsp3) is 0.250. The number of nitrogens with one attached hydrogen (secondary N) is 2. The van der Waals surface area contributed by atoms with E-state index in [1.807, 2.05) is 0 Å². The number of nitro groups is 1. The lowest BCUT2D eigenvalue weighted by Crippen LogP contribution is -2.52. The molecule has 0 radical (unpaired) electrons. The zero-order chi connectivity index (χ0) is 15.6. The molecule has 3 N–H and O–H groups in total. The van der Waals surface area contributed by atoms with Crippen LogP contribution in [-0.4, -0.2) is 33.8 Å². The van der Waals surface area contributed by atoms with Crippen molar-refractivity contribution in [2.75, 3.05) is 0 Å². The van der Waals surface area contributed by atoms with Crippen molar-refractivity contribution < 1.29 is 24.4 Å². The predicted molar refractivity (Wildman–Crippen MR) is 68.4 cm³/mol. The minimum absolute atomic E-state index is 0.0252. The Hall–Kier alpha value is -2.97. The Kier molecular flexibility index (Phi) is 3.83. The van der Waals surface area contributed by atoms with E-state index in [2.05, 4.69) is 10.6 Å². The molecule has 1 aliphatic rings. The lowest BCUT2D eigenvalue weighted by Gasteiger charge is -2.21. The Morgan fingerprint density at radius 1 is 1.43 bits per heavy atom. The van der Waals surface area contributed by atoms with Gasteiger partial charge in [0.1, 0.15) is 6.04 Å². The molecule has 110 valence electrons. The van der Waals surface area contributed by atoms with Gasteiger partial charge < -0.3 is 10.4 Å². The van der Waals surface area contributed by atoms with Crippen molar-refractivity contribution >= 4 is 23.4 Å². The quantitative estimate of drug-likeness (QED) is 0.402. The predicted octanol–water partition coefficient (Wildman–Crippen LogP) is -0.165. The van der Waals surface area contributed by atoms with Crippen LogP contribution in [0.4, 0.5) is 5.69 Å². The van der Waals surface area contributed by atoms with Crippen LogP contribution in [0, 0.1) is 10.1 Å². The van der Waals surface area contributed by atoms with Gasteiger partial charge in [-0.3, -0.25) is 29.8 Å². The topological polar surface area (TPSA) is 139 Å². The molecule has 1 unspecified atom stereocenters. The standard InChI is InChI=1S/C12H11N3O6/c16-9-5-6(1-3-8(9)15(20)21)11(18)13-7-2-4-10(17)14-12(7)19/h1,3,5,7,16H,2,4H2,(H,13,18)(H,14,17,19). The fourth-order valence-corrected chi connectivity index (χ4v) is 1.89. The van der Waals surface area contributed by atoms with Gasteiger partial charge in [-0.1, -0.05) is 0 Å². The number of piperidine rings is 1. The van der Waals surface area contributed by atoms with E-state index in [1.54, 1.807) is 0 Å². The van der Waals surface area contributed by atoms with E-state index in [4.69, 9.17) is 0 Å². The number of carbonyl (C=O) groups excluding carboxylic acids is 3. The number of aromatic hydroxyl groups is 1. The molecule has 21 heavy (non-hydrogen) atoms. The van der Waals surface area contributed by atoms with Crippen LogP contribution in [-0.2, 0) is 9.59 Å². The first-order valence-electron chi connectivity index (χ1n) is 6.00. The zero-order valence-electron chi connectivity index (χ0n) is 10.7. The van der Waals surface area contributed by atoms with Crippen molar-refractivity contribution in [1.29, 1.82) is 0 Å². The van der Waals surface area contributed by atoms with Crippen LogP contribution in [0.15, 0.2) is 18.2 Å². The molecule has 9 nitrogen and oxygen atoms in total. The molecule has 0 aliphatic carbocycles. The van der Waals surface area contributed by atoms with Gasteiger partial charge in [0, 0.05) is 18.1 Å². The summed E-state index contributed by atoms with van der Waals surface area (Å²) in [7, 11) is 0. The van der Waals surface area contributed by atoms with E-state index in [0.29, 0.717) is 0 Å². The Bertz CT molecular complexity index is 642. The number of benzene rings is 1. The van der Waals surface area contributed by atoms with Crippen molar-refractivity contribution in [3.8, 4) is 5.75 Å². The van der Waals surface area contributed by atoms with Gasteiger partial charge in [-0.15, -0.1) is 0 Å².